The molecule has 4 nitrogen and oxygen atoms in total. The quantitative estimate of drug-likeness (QED) is 0.787. The highest BCUT2D eigenvalue weighted by Gasteiger charge is 2.20. The molecule has 0 bridgehead atoms. The van der Waals surface area contributed by atoms with Gasteiger partial charge in [0.15, 0.2) is 0 Å². The number of halogens is 1. The lowest BCUT2D eigenvalue weighted by atomic mass is 10.0. The van der Waals surface area contributed by atoms with Gasteiger partial charge in [-0.3, -0.25) is 4.79 Å². The first-order chi connectivity index (χ1) is 9.25. The number of carbonyl (C=O) groups excluding carboxylic acids is 1. The van der Waals surface area contributed by atoms with E-state index in [4.69, 9.17) is 22.7 Å². The van der Waals surface area contributed by atoms with Crippen LogP contribution in [0.15, 0.2) is 18.2 Å². The second kappa shape index (κ2) is 6.76. The fraction of sp³-hybridized carbons (Fsp3) is 0.429. The number of nitrogens with two attached hydrogens (primary N) is 1. The molecule has 0 saturated carbocycles. The number of amides is 1. The van der Waals surface area contributed by atoms with Gasteiger partial charge in [0, 0.05) is 24.8 Å². The standard InChI is InChI=1S/C14H19FN2O2S/c1-14(2,19-3)7-12(18)17-8-10-5-4-9(13(16)20)6-11(10)15/h4-6H,7-8H2,1-3H3,(H2,16,20)(H,17,18). The van der Waals surface area contributed by atoms with E-state index >= 15 is 0 Å². The number of ether oxygens (including phenoxy) is 1. The maximum atomic E-state index is 13.8. The van der Waals surface area contributed by atoms with Gasteiger partial charge in [-0.15, -0.1) is 0 Å². The van der Waals surface area contributed by atoms with E-state index in [0.717, 1.165) is 0 Å². The van der Waals surface area contributed by atoms with Crippen LogP contribution in [0.4, 0.5) is 4.39 Å². The van der Waals surface area contributed by atoms with Gasteiger partial charge in [0.1, 0.15) is 10.8 Å². The van der Waals surface area contributed by atoms with Crippen molar-refractivity contribution in [2.24, 2.45) is 5.73 Å². The second-order valence-electron chi connectivity index (χ2n) is 5.09. The first-order valence-electron chi connectivity index (χ1n) is 6.15. The molecule has 0 aliphatic rings. The normalized spacial score (nSPS) is 11.2. The van der Waals surface area contributed by atoms with Crippen LogP contribution in [0.2, 0.25) is 0 Å². The highest BCUT2D eigenvalue weighted by molar-refractivity contribution is 7.80. The molecule has 0 atom stereocenters. The Morgan fingerprint density at radius 3 is 2.65 bits per heavy atom. The molecule has 3 N–H and O–H groups in total. The molecule has 0 aliphatic heterocycles. The maximum Gasteiger partial charge on any atom is 0.223 e. The van der Waals surface area contributed by atoms with Gasteiger partial charge in [-0.2, -0.15) is 0 Å². The maximum absolute atomic E-state index is 13.8. The van der Waals surface area contributed by atoms with Gasteiger partial charge in [0.05, 0.1) is 12.0 Å². The average Bonchev–Trinajstić information content (AvgIpc) is 2.36. The molecule has 0 fully saturated rings. The molecule has 1 rings (SSSR count). The summed E-state index contributed by atoms with van der Waals surface area (Å²) in [6.07, 6.45) is 0.204. The Hall–Kier alpha value is -1.53. The average molecular weight is 298 g/mol. The Labute approximate surface area is 123 Å². The molecule has 0 saturated heterocycles. The van der Waals surface area contributed by atoms with E-state index in [1.54, 1.807) is 19.2 Å². The molecule has 1 aromatic rings. The first kappa shape index (κ1) is 16.5. The predicted octanol–water partition coefficient (Wildman–Crippen LogP) is 1.89. The van der Waals surface area contributed by atoms with E-state index in [1.165, 1.54) is 6.07 Å². The summed E-state index contributed by atoms with van der Waals surface area (Å²) in [5, 5.41) is 2.66. The summed E-state index contributed by atoms with van der Waals surface area (Å²) in [6.45, 7) is 3.73. The van der Waals surface area contributed by atoms with Crippen LogP contribution in [-0.2, 0) is 16.1 Å². The van der Waals surface area contributed by atoms with E-state index in [0.29, 0.717) is 11.1 Å². The van der Waals surface area contributed by atoms with Gasteiger partial charge in [0.2, 0.25) is 5.91 Å². The van der Waals surface area contributed by atoms with Crippen LogP contribution >= 0.6 is 12.2 Å². The van der Waals surface area contributed by atoms with Crippen molar-refractivity contribution in [2.45, 2.75) is 32.4 Å². The van der Waals surface area contributed by atoms with E-state index in [9.17, 15) is 9.18 Å². The predicted molar refractivity (Wildman–Crippen MR) is 79.8 cm³/mol. The Kier molecular flexibility index (Phi) is 5.59. The van der Waals surface area contributed by atoms with Crippen LogP contribution in [0.25, 0.3) is 0 Å². The summed E-state index contributed by atoms with van der Waals surface area (Å²) in [5.74, 6) is -0.642. The van der Waals surface area contributed by atoms with E-state index in [1.807, 2.05) is 13.8 Å². The first-order valence-corrected chi connectivity index (χ1v) is 6.56. The fourth-order valence-electron chi connectivity index (χ4n) is 1.56. The van der Waals surface area contributed by atoms with Crippen LogP contribution in [0, 0.1) is 5.82 Å². The molecular formula is C14H19FN2O2S. The SMILES string of the molecule is COC(C)(C)CC(=O)NCc1ccc(C(N)=S)cc1F. The van der Waals surface area contributed by atoms with Crippen molar-refractivity contribution in [2.75, 3.05) is 7.11 Å². The Morgan fingerprint density at radius 2 is 2.15 bits per heavy atom. The third kappa shape index (κ3) is 4.86. The number of thiocarbonyl (C=S) groups is 1. The molecule has 6 heteroatoms. The monoisotopic (exact) mass is 298 g/mol. The molecule has 0 unspecified atom stereocenters. The van der Waals surface area contributed by atoms with Crippen molar-refractivity contribution >= 4 is 23.1 Å². The Balaban J connectivity index is 2.62. The lowest BCUT2D eigenvalue weighted by Gasteiger charge is -2.22. The molecule has 0 heterocycles. The van der Waals surface area contributed by atoms with E-state index in [2.05, 4.69) is 5.32 Å². The van der Waals surface area contributed by atoms with Crippen molar-refractivity contribution in [1.29, 1.82) is 0 Å². The van der Waals surface area contributed by atoms with Gasteiger partial charge in [-0.05, 0) is 19.9 Å². The molecule has 0 radical (unpaired) electrons. The van der Waals surface area contributed by atoms with Crippen LogP contribution in [-0.4, -0.2) is 23.6 Å². The molecule has 1 aromatic carbocycles. The minimum absolute atomic E-state index is 0.113. The van der Waals surface area contributed by atoms with Gasteiger partial charge in [-0.1, -0.05) is 24.4 Å². The summed E-state index contributed by atoms with van der Waals surface area (Å²) < 4.78 is 18.9. The minimum atomic E-state index is -0.543. The summed E-state index contributed by atoms with van der Waals surface area (Å²) in [4.78, 5) is 11.9. The third-order valence-electron chi connectivity index (χ3n) is 2.95. The smallest absolute Gasteiger partial charge is 0.223 e. The van der Waals surface area contributed by atoms with Crippen LogP contribution < -0.4 is 11.1 Å². The number of carbonyl (C=O) groups is 1. The Bertz CT molecular complexity index is 518. The van der Waals surface area contributed by atoms with Gasteiger partial charge in [-0.25, -0.2) is 4.39 Å². The lowest BCUT2D eigenvalue weighted by molar-refractivity contribution is -0.126. The summed E-state index contributed by atoms with van der Waals surface area (Å²) >= 11 is 4.77. The number of methoxy groups -OCH3 is 1. The summed E-state index contributed by atoms with van der Waals surface area (Å²) in [6, 6.07) is 4.46. The molecule has 0 aromatic heterocycles. The number of rotatable bonds is 6. The van der Waals surface area contributed by atoms with E-state index in [-0.39, 0.29) is 23.9 Å². The molecule has 0 spiro atoms. The summed E-state index contributed by atoms with van der Waals surface area (Å²) in [7, 11) is 1.54. The highest BCUT2D eigenvalue weighted by atomic mass is 32.1. The van der Waals surface area contributed by atoms with Crippen LogP contribution in [0.1, 0.15) is 31.4 Å². The Morgan fingerprint density at radius 1 is 1.50 bits per heavy atom. The van der Waals surface area contributed by atoms with Crippen molar-refractivity contribution in [3.63, 3.8) is 0 Å². The zero-order valence-electron chi connectivity index (χ0n) is 11.8. The van der Waals surface area contributed by atoms with Crippen molar-refractivity contribution < 1.29 is 13.9 Å². The van der Waals surface area contributed by atoms with Crippen molar-refractivity contribution in [3.8, 4) is 0 Å². The summed E-state index contributed by atoms with van der Waals surface area (Å²) in [5.41, 5.74) is 5.73. The largest absolute Gasteiger partial charge is 0.389 e. The number of hydrogen-bond acceptors (Lipinski definition) is 3. The third-order valence-corrected chi connectivity index (χ3v) is 3.19. The molecule has 110 valence electrons. The highest BCUT2D eigenvalue weighted by Crippen LogP contribution is 2.13. The van der Waals surface area contributed by atoms with E-state index < -0.39 is 11.4 Å². The number of hydrogen-bond donors (Lipinski definition) is 2. The van der Waals surface area contributed by atoms with Gasteiger partial charge >= 0.3 is 0 Å². The molecular weight excluding hydrogens is 279 g/mol. The zero-order chi connectivity index (χ0) is 15.3. The van der Waals surface area contributed by atoms with Crippen molar-refractivity contribution in [3.05, 3.63) is 35.1 Å². The number of nitrogens with one attached hydrogen (secondary N) is 1. The van der Waals surface area contributed by atoms with Crippen LogP contribution in [0.5, 0.6) is 0 Å². The minimum Gasteiger partial charge on any atom is -0.389 e. The topological polar surface area (TPSA) is 64.3 Å². The van der Waals surface area contributed by atoms with Crippen LogP contribution in [0.3, 0.4) is 0 Å². The lowest BCUT2D eigenvalue weighted by Crippen LogP contribution is -2.33. The zero-order valence-corrected chi connectivity index (χ0v) is 12.6. The molecule has 1 amide bonds. The van der Waals surface area contributed by atoms with Gasteiger partial charge < -0.3 is 15.8 Å². The van der Waals surface area contributed by atoms with Gasteiger partial charge in [0.25, 0.3) is 0 Å². The van der Waals surface area contributed by atoms with Crippen molar-refractivity contribution in [1.82, 2.24) is 5.32 Å². The fourth-order valence-corrected chi connectivity index (χ4v) is 1.69. The second-order valence-corrected chi connectivity index (χ2v) is 5.53. The number of benzene rings is 1. The molecule has 20 heavy (non-hydrogen) atoms. The molecule has 0 aliphatic carbocycles.